The zero-order valence-corrected chi connectivity index (χ0v) is 22.1. The fraction of sp³-hybridized carbons (Fsp3) is 0.462. The summed E-state index contributed by atoms with van der Waals surface area (Å²) in [6.07, 6.45) is 2.37. The topological polar surface area (TPSA) is 167 Å². The van der Waals surface area contributed by atoms with E-state index in [2.05, 4.69) is 47.9 Å². The number of nitrogens with zero attached hydrogens (tertiary/aromatic N) is 6. The van der Waals surface area contributed by atoms with Gasteiger partial charge in [-0.2, -0.15) is 20.1 Å². The molecule has 13 nitrogen and oxygen atoms in total. The number of methoxy groups -OCH3 is 1. The number of amides is 3. The van der Waals surface area contributed by atoms with Crippen LogP contribution in [0.3, 0.4) is 0 Å². The van der Waals surface area contributed by atoms with Crippen LogP contribution in [0.4, 0.5) is 22.5 Å². The molecule has 39 heavy (non-hydrogen) atoms. The van der Waals surface area contributed by atoms with Crippen LogP contribution in [0.15, 0.2) is 30.3 Å². The fourth-order valence-corrected chi connectivity index (χ4v) is 5.63. The first-order chi connectivity index (χ1) is 18.8. The molecule has 2 fully saturated rings. The number of rotatable bonds is 7. The Morgan fingerprint density at radius 3 is 2.72 bits per heavy atom. The van der Waals surface area contributed by atoms with Gasteiger partial charge in [0, 0.05) is 24.1 Å². The molecule has 13 heteroatoms. The first-order valence-electron chi connectivity index (χ1n) is 13.1. The number of H-pyrrole nitrogens is 1. The highest BCUT2D eigenvalue weighted by molar-refractivity contribution is 5.83. The van der Waals surface area contributed by atoms with E-state index in [0.29, 0.717) is 37.2 Å². The minimum absolute atomic E-state index is 0.100. The summed E-state index contributed by atoms with van der Waals surface area (Å²) in [5.74, 6) is 0.944. The average Bonchev–Trinajstić information content (AvgIpc) is 3.24. The Bertz CT molecular complexity index is 1410. The molecule has 5 N–H and O–H groups in total. The minimum atomic E-state index is -0.601. The number of hydrogen-bond donors (Lipinski definition) is 4. The molecule has 6 rings (SSSR count). The van der Waals surface area contributed by atoms with Gasteiger partial charge in [0.05, 0.1) is 24.9 Å². The number of primary amides is 1. The molecule has 204 valence electrons. The fourth-order valence-electron chi connectivity index (χ4n) is 5.63. The Morgan fingerprint density at radius 1 is 1.18 bits per heavy atom. The van der Waals surface area contributed by atoms with Gasteiger partial charge in [-0.05, 0) is 38.7 Å². The Labute approximate surface area is 225 Å². The molecule has 1 saturated heterocycles. The normalized spacial score (nSPS) is 22.9. The molecule has 2 aromatic heterocycles. The van der Waals surface area contributed by atoms with E-state index in [0.717, 1.165) is 24.1 Å². The standard InChI is InChI=1S/C26H32N10O3/c1-26(2)19-16(13-36(26)25(38)28-17-12-15(17)14-8-5-4-6-9-14)21(34-33-19)29-22-30-23(32-24(31-22)39-3)35-11-7-10-18(35)20(27)37/h4-6,8-9,15,17-18H,7,10-13H2,1-3H3,(H2,27,37)(H,28,38)(H2,29,30,31,32,33,34)/t15-,17+,18+/m1/s1. The third kappa shape index (κ3) is 4.47. The van der Waals surface area contributed by atoms with Crippen molar-refractivity contribution in [2.75, 3.05) is 23.9 Å². The third-order valence-corrected chi connectivity index (χ3v) is 7.90. The van der Waals surface area contributed by atoms with E-state index in [1.165, 1.54) is 12.7 Å². The van der Waals surface area contributed by atoms with Gasteiger partial charge in [0.2, 0.25) is 17.8 Å². The second kappa shape index (κ2) is 9.40. The van der Waals surface area contributed by atoms with Gasteiger partial charge in [0.25, 0.3) is 0 Å². The van der Waals surface area contributed by atoms with E-state index in [1.54, 1.807) is 4.90 Å². The van der Waals surface area contributed by atoms with E-state index in [1.807, 2.05) is 36.9 Å². The second-order valence-electron chi connectivity index (χ2n) is 10.7. The Balaban J connectivity index is 1.19. The smallest absolute Gasteiger partial charge is 0.322 e. The van der Waals surface area contributed by atoms with Crippen molar-refractivity contribution in [1.29, 1.82) is 0 Å². The Kier molecular flexibility index (Phi) is 6.00. The van der Waals surface area contributed by atoms with Gasteiger partial charge in [0.1, 0.15) is 6.04 Å². The van der Waals surface area contributed by atoms with E-state index in [9.17, 15) is 9.59 Å². The van der Waals surface area contributed by atoms with Crippen LogP contribution >= 0.6 is 0 Å². The van der Waals surface area contributed by atoms with Crippen LogP contribution in [0, 0.1) is 0 Å². The number of carbonyl (C=O) groups is 2. The molecule has 3 amide bonds. The first-order valence-corrected chi connectivity index (χ1v) is 13.1. The van der Waals surface area contributed by atoms with Gasteiger partial charge in [0.15, 0.2) is 5.82 Å². The summed E-state index contributed by atoms with van der Waals surface area (Å²) in [4.78, 5) is 42.0. The average molecular weight is 533 g/mol. The van der Waals surface area contributed by atoms with E-state index >= 15 is 0 Å². The van der Waals surface area contributed by atoms with Crippen LogP contribution in [0.1, 0.15) is 55.8 Å². The summed E-state index contributed by atoms with van der Waals surface area (Å²) in [5.41, 5.74) is 7.92. The van der Waals surface area contributed by atoms with Crippen molar-refractivity contribution in [2.24, 2.45) is 5.73 Å². The van der Waals surface area contributed by atoms with E-state index in [4.69, 9.17) is 10.5 Å². The summed E-state index contributed by atoms with van der Waals surface area (Å²) < 4.78 is 5.29. The number of nitrogens with two attached hydrogens (primary N) is 1. The lowest BCUT2D eigenvalue weighted by atomic mass is 10.0. The third-order valence-electron chi connectivity index (χ3n) is 7.90. The minimum Gasteiger partial charge on any atom is -0.467 e. The van der Waals surface area contributed by atoms with Gasteiger partial charge in [-0.3, -0.25) is 9.89 Å². The molecule has 4 heterocycles. The molecule has 3 atom stereocenters. The maximum atomic E-state index is 13.4. The number of anilines is 3. The Hall–Kier alpha value is -4.42. The number of aromatic nitrogens is 5. The van der Waals surface area contributed by atoms with E-state index < -0.39 is 17.5 Å². The second-order valence-corrected chi connectivity index (χ2v) is 10.7. The Morgan fingerprint density at radius 2 is 1.97 bits per heavy atom. The van der Waals surface area contributed by atoms with Crippen molar-refractivity contribution in [3.05, 3.63) is 47.2 Å². The van der Waals surface area contributed by atoms with Crippen LogP contribution in [0.25, 0.3) is 0 Å². The van der Waals surface area contributed by atoms with Gasteiger partial charge in [-0.25, -0.2) is 4.79 Å². The van der Waals surface area contributed by atoms with Crippen LogP contribution < -0.4 is 26.0 Å². The molecule has 0 radical (unpaired) electrons. The number of fused-ring (bicyclic) bond motifs is 1. The number of carbonyl (C=O) groups excluding carboxylic acids is 2. The first kappa shape index (κ1) is 24.9. The number of benzene rings is 1. The van der Waals surface area contributed by atoms with Gasteiger partial charge in [-0.1, -0.05) is 30.3 Å². The number of aromatic amines is 1. The molecule has 0 spiro atoms. The lowest BCUT2D eigenvalue weighted by Crippen LogP contribution is -2.47. The largest absolute Gasteiger partial charge is 0.467 e. The highest BCUT2D eigenvalue weighted by Gasteiger charge is 2.47. The number of urea groups is 1. The molecule has 1 aromatic carbocycles. The predicted molar refractivity (Wildman–Crippen MR) is 143 cm³/mol. The molecule has 0 unspecified atom stereocenters. The van der Waals surface area contributed by atoms with Gasteiger partial charge in [-0.15, -0.1) is 0 Å². The SMILES string of the molecule is COc1nc(Nc2n[nH]c3c2CN(C(=O)N[C@H]2C[C@@H]2c2ccccc2)C3(C)C)nc(N2CCC[C@H]2C(N)=O)n1. The summed E-state index contributed by atoms with van der Waals surface area (Å²) in [5, 5.41) is 13.9. The number of hydrogen-bond acceptors (Lipinski definition) is 9. The van der Waals surface area contributed by atoms with Crippen molar-refractivity contribution in [2.45, 2.75) is 63.2 Å². The zero-order chi connectivity index (χ0) is 27.3. The molecular weight excluding hydrogens is 500 g/mol. The molecule has 2 aliphatic heterocycles. The van der Waals surface area contributed by atoms with Crippen molar-refractivity contribution in [3.63, 3.8) is 0 Å². The maximum absolute atomic E-state index is 13.4. The summed E-state index contributed by atoms with van der Waals surface area (Å²) in [6, 6.07) is 9.87. The summed E-state index contributed by atoms with van der Waals surface area (Å²) >= 11 is 0. The number of nitrogens with one attached hydrogen (secondary N) is 3. The predicted octanol–water partition coefficient (Wildman–Crippen LogP) is 2.12. The quantitative estimate of drug-likeness (QED) is 0.356. The molecule has 3 aliphatic rings. The van der Waals surface area contributed by atoms with Gasteiger partial charge >= 0.3 is 12.0 Å². The molecule has 1 aliphatic carbocycles. The molecule has 1 saturated carbocycles. The molecule has 3 aromatic rings. The van der Waals surface area contributed by atoms with Crippen LogP contribution in [0.5, 0.6) is 6.01 Å². The molecular formula is C26H32N10O3. The summed E-state index contributed by atoms with van der Waals surface area (Å²) in [7, 11) is 1.46. The highest BCUT2D eigenvalue weighted by atomic mass is 16.5. The van der Waals surface area contributed by atoms with Crippen LogP contribution in [-0.4, -0.2) is 67.7 Å². The lowest BCUT2D eigenvalue weighted by Gasteiger charge is -2.32. The number of ether oxygens (including phenoxy) is 1. The highest BCUT2D eigenvalue weighted by Crippen LogP contribution is 2.43. The summed E-state index contributed by atoms with van der Waals surface area (Å²) in [6.45, 7) is 4.94. The molecule has 0 bridgehead atoms. The van der Waals surface area contributed by atoms with Crippen molar-refractivity contribution in [1.82, 2.24) is 35.4 Å². The van der Waals surface area contributed by atoms with Crippen LogP contribution in [0.2, 0.25) is 0 Å². The van der Waals surface area contributed by atoms with Crippen molar-refractivity contribution < 1.29 is 14.3 Å². The maximum Gasteiger partial charge on any atom is 0.322 e. The lowest BCUT2D eigenvalue weighted by molar-refractivity contribution is -0.119. The monoisotopic (exact) mass is 532 g/mol. The van der Waals surface area contributed by atoms with Gasteiger partial charge < -0.3 is 30.9 Å². The van der Waals surface area contributed by atoms with E-state index in [-0.39, 0.29) is 24.0 Å². The van der Waals surface area contributed by atoms with Crippen LogP contribution in [-0.2, 0) is 16.9 Å². The zero-order valence-electron chi connectivity index (χ0n) is 22.1. The van der Waals surface area contributed by atoms with Crippen molar-refractivity contribution in [3.8, 4) is 6.01 Å². The van der Waals surface area contributed by atoms with Crippen molar-refractivity contribution >= 4 is 29.7 Å².